The standard InChI is InChI=1S/C17H17FN4OS/c18-13-6-4-12(5-7-13)9-24-17-15-16(19-10-20-17)22(11-21-15)14-3-1-2-8-23-14/h4-7,10-11,14H,1-3,8-9H2/t14-/m1/s1. The second-order valence-corrected chi connectivity index (χ2v) is 6.70. The lowest BCUT2D eigenvalue weighted by atomic mass is 10.2. The number of thioether (sulfide) groups is 1. The van der Waals surface area contributed by atoms with Gasteiger partial charge in [0.05, 0.1) is 6.33 Å². The number of rotatable bonds is 4. The van der Waals surface area contributed by atoms with E-state index in [4.69, 9.17) is 4.74 Å². The normalized spacial score (nSPS) is 18.1. The summed E-state index contributed by atoms with van der Waals surface area (Å²) in [6, 6.07) is 6.52. The lowest BCUT2D eigenvalue weighted by Gasteiger charge is -2.23. The molecule has 1 aromatic carbocycles. The third-order valence-electron chi connectivity index (χ3n) is 4.08. The average molecular weight is 344 g/mol. The van der Waals surface area contributed by atoms with Crippen molar-refractivity contribution in [1.82, 2.24) is 19.5 Å². The molecule has 7 heteroatoms. The Balaban J connectivity index is 1.57. The van der Waals surface area contributed by atoms with E-state index in [1.54, 1.807) is 36.5 Å². The molecule has 0 aliphatic carbocycles. The van der Waals surface area contributed by atoms with E-state index in [0.717, 1.165) is 47.6 Å². The molecule has 1 fully saturated rings. The van der Waals surface area contributed by atoms with Crippen LogP contribution in [0.2, 0.25) is 0 Å². The van der Waals surface area contributed by atoms with Crippen LogP contribution in [-0.4, -0.2) is 26.1 Å². The molecule has 124 valence electrons. The number of benzene rings is 1. The smallest absolute Gasteiger partial charge is 0.166 e. The van der Waals surface area contributed by atoms with Crippen LogP contribution in [0.3, 0.4) is 0 Å². The van der Waals surface area contributed by atoms with Crippen molar-refractivity contribution < 1.29 is 9.13 Å². The number of imidazole rings is 1. The summed E-state index contributed by atoms with van der Waals surface area (Å²) in [5, 5.41) is 0.832. The van der Waals surface area contributed by atoms with E-state index in [-0.39, 0.29) is 12.0 Å². The number of aromatic nitrogens is 4. The first-order valence-electron chi connectivity index (χ1n) is 7.97. The van der Waals surface area contributed by atoms with Crippen LogP contribution >= 0.6 is 11.8 Å². The van der Waals surface area contributed by atoms with Crippen LogP contribution in [0, 0.1) is 5.82 Å². The number of ether oxygens (including phenoxy) is 1. The van der Waals surface area contributed by atoms with Gasteiger partial charge in [-0.05, 0) is 37.0 Å². The summed E-state index contributed by atoms with van der Waals surface area (Å²) in [6.45, 7) is 0.779. The topological polar surface area (TPSA) is 52.8 Å². The zero-order valence-electron chi connectivity index (χ0n) is 13.1. The summed E-state index contributed by atoms with van der Waals surface area (Å²) in [6.07, 6.45) is 6.60. The number of fused-ring (bicyclic) bond motifs is 1. The second-order valence-electron chi connectivity index (χ2n) is 5.74. The fourth-order valence-electron chi connectivity index (χ4n) is 2.82. The van der Waals surface area contributed by atoms with Crippen LogP contribution < -0.4 is 0 Å². The summed E-state index contributed by atoms with van der Waals surface area (Å²) < 4.78 is 20.8. The Hall–Kier alpha value is -1.99. The molecule has 1 aliphatic heterocycles. The van der Waals surface area contributed by atoms with Gasteiger partial charge >= 0.3 is 0 Å². The maximum absolute atomic E-state index is 13.0. The minimum atomic E-state index is -0.223. The Bertz CT molecular complexity index is 830. The van der Waals surface area contributed by atoms with E-state index in [1.807, 2.05) is 4.57 Å². The van der Waals surface area contributed by atoms with Crippen molar-refractivity contribution in [2.75, 3.05) is 6.61 Å². The summed E-state index contributed by atoms with van der Waals surface area (Å²) >= 11 is 1.58. The number of nitrogens with zero attached hydrogens (tertiary/aromatic N) is 4. The Morgan fingerprint density at radius 3 is 2.83 bits per heavy atom. The lowest BCUT2D eigenvalue weighted by Crippen LogP contribution is -2.17. The molecule has 0 N–H and O–H groups in total. The molecule has 4 rings (SSSR count). The molecule has 3 aromatic rings. The number of halogens is 1. The summed E-state index contributed by atoms with van der Waals surface area (Å²) in [5.74, 6) is 0.485. The minimum absolute atomic E-state index is 0.00796. The lowest BCUT2D eigenvalue weighted by molar-refractivity contribution is -0.0298. The molecular formula is C17H17FN4OS. The second kappa shape index (κ2) is 6.86. The Morgan fingerprint density at radius 2 is 2.04 bits per heavy atom. The zero-order chi connectivity index (χ0) is 16.4. The van der Waals surface area contributed by atoms with Crippen LogP contribution in [0.4, 0.5) is 4.39 Å². The van der Waals surface area contributed by atoms with Crippen LogP contribution in [-0.2, 0) is 10.5 Å². The molecule has 0 amide bonds. The van der Waals surface area contributed by atoms with E-state index < -0.39 is 0 Å². The molecule has 0 bridgehead atoms. The molecule has 1 atom stereocenters. The molecule has 5 nitrogen and oxygen atoms in total. The number of hydrogen-bond donors (Lipinski definition) is 0. The van der Waals surface area contributed by atoms with Crippen LogP contribution in [0.5, 0.6) is 0 Å². The highest BCUT2D eigenvalue weighted by Gasteiger charge is 2.20. The molecule has 1 aliphatic rings. The first-order valence-corrected chi connectivity index (χ1v) is 8.96. The molecule has 0 unspecified atom stereocenters. The quantitative estimate of drug-likeness (QED) is 0.530. The van der Waals surface area contributed by atoms with Gasteiger partial charge in [0.2, 0.25) is 0 Å². The predicted octanol–water partition coefficient (Wildman–Crippen LogP) is 3.96. The SMILES string of the molecule is Fc1ccc(CSc2ncnc3c2ncn3[C@H]2CCCCO2)cc1. The summed E-state index contributed by atoms with van der Waals surface area (Å²) in [4.78, 5) is 13.2. The van der Waals surface area contributed by atoms with Crippen molar-refractivity contribution in [3.63, 3.8) is 0 Å². The van der Waals surface area contributed by atoms with Gasteiger partial charge < -0.3 is 4.74 Å². The van der Waals surface area contributed by atoms with Crippen molar-refractivity contribution in [3.05, 3.63) is 48.3 Å². The van der Waals surface area contributed by atoms with Gasteiger partial charge in [0.25, 0.3) is 0 Å². The van der Waals surface area contributed by atoms with Gasteiger partial charge in [-0.1, -0.05) is 23.9 Å². The zero-order valence-corrected chi connectivity index (χ0v) is 13.9. The number of hydrogen-bond acceptors (Lipinski definition) is 5. The fourth-order valence-corrected chi connectivity index (χ4v) is 3.72. The Morgan fingerprint density at radius 1 is 1.17 bits per heavy atom. The molecule has 2 aromatic heterocycles. The van der Waals surface area contributed by atoms with Crippen molar-refractivity contribution in [2.24, 2.45) is 0 Å². The van der Waals surface area contributed by atoms with E-state index >= 15 is 0 Å². The third kappa shape index (κ3) is 3.14. The van der Waals surface area contributed by atoms with Gasteiger partial charge in [0.1, 0.15) is 28.9 Å². The van der Waals surface area contributed by atoms with Crippen LogP contribution in [0.15, 0.2) is 41.9 Å². The highest BCUT2D eigenvalue weighted by atomic mass is 32.2. The van der Waals surface area contributed by atoms with Crippen molar-refractivity contribution in [1.29, 1.82) is 0 Å². The van der Waals surface area contributed by atoms with Crippen molar-refractivity contribution in [2.45, 2.75) is 36.3 Å². The maximum atomic E-state index is 13.0. The fraction of sp³-hybridized carbons (Fsp3) is 0.353. The molecule has 1 saturated heterocycles. The summed E-state index contributed by atoms with van der Waals surface area (Å²) in [5.41, 5.74) is 2.64. The largest absolute Gasteiger partial charge is 0.358 e. The molecule has 0 saturated carbocycles. The Labute approximate surface area is 143 Å². The summed E-state index contributed by atoms with van der Waals surface area (Å²) in [7, 11) is 0. The first kappa shape index (κ1) is 15.5. The van der Waals surface area contributed by atoms with Gasteiger partial charge in [-0.2, -0.15) is 0 Å². The van der Waals surface area contributed by atoms with E-state index in [9.17, 15) is 4.39 Å². The predicted molar refractivity (Wildman–Crippen MR) is 90.1 cm³/mol. The molecule has 0 spiro atoms. The molecule has 24 heavy (non-hydrogen) atoms. The van der Waals surface area contributed by atoms with Crippen LogP contribution in [0.25, 0.3) is 11.2 Å². The van der Waals surface area contributed by atoms with Gasteiger partial charge in [-0.3, -0.25) is 4.57 Å². The Kier molecular flexibility index (Phi) is 4.44. The van der Waals surface area contributed by atoms with Crippen molar-refractivity contribution in [3.8, 4) is 0 Å². The van der Waals surface area contributed by atoms with E-state index in [0.29, 0.717) is 5.75 Å². The molecule has 0 radical (unpaired) electrons. The highest BCUT2D eigenvalue weighted by Crippen LogP contribution is 2.30. The van der Waals surface area contributed by atoms with Crippen LogP contribution in [0.1, 0.15) is 31.1 Å². The van der Waals surface area contributed by atoms with Gasteiger partial charge in [0.15, 0.2) is 5.65 Å². The van der Waals surface area contributed by atoms with Gasteiger partial charge in [0, 0.05) is 12.4 Å². The minimum Gasteiger partial charge on any atom is -0.358 e. The van der Waals surface area contributed by atoms with Crippen molar-refractivity contribution >= 4 is 22.9 Å². The van der Waals surface area contributed by atoms with Gasteiger partial charge in [-0.25, -0.2) is 19.3 Å². The third-order valence-corrected chi connectivity index (χ3v) is 5.13. The van der Waals surface area contributed by atoms with E-state index in [1.165, 1.54) is 12.1 Å². The maximum Gasteiger partial charge on any atom is 0.166 e. The molecule has 3 heterocycles. The highest BCUT2D eigenvalue weighted by molar-refractivity contribution is 7.98. The van der Waals surface area contributed by atoms with E-state index in [2.05, 4.69) is 15.0 Å². The first-order chi connectivity index (χ1) is 11.8. The van der Waals surface area contributed by atoms with Gasteiger partial charge in [-0.15, -0.1) is 0 Å². The molecular weight excluding hydrogens is 327 g/mol. The monoisotopic (exact) mass is 344 g/mol. The average Bonchev–Trinajstić information content (AvgIpc) is 3.07.